The van der Waals surface area contributed by atoms with E-state index in [0.717, 1.165) is 19.3 Å². The van der Waals surface area contributed by atoms with Crippen molar-refractivity contribution in [1.29, 1.82) is 0 Å². The number of hydrogen-bond donors (Lipinski definition) is 3. The van der Waals surface area contributed by atoms with Gasteiger partial charge in [-0.05, 0) is 13.3 Å². The van der Waals surface area contributed by atoms with Gasteiger partial charge in [0.1, 0.15) is 0 Å². The summed E-state index contributed by atoms with van der Waals surface area (Å²) in [5, 5.41) is 6.54. The van der Waals surface area contributed by atoms with E-state index in [2.05, 4.69) is 21.8 Å². The van der Waals surface area contributed by atoms with E-state index in [-0.39, 0.29) is 11.6 Å². The molecule has 0 amide bonds. The summed E-state index contributed by atoms with van der Waals surface area (Å²) < 4.78 is 26.8. The van der Waals surface area contributed by atoms with E-state index in [0.29, 0.717) is 17.8 Å². The number of aromatic nitrogens is 2. The first-order chi connectivity index (χ1) is 9.53. The van der Waals surface area contributed by atoms with Gasteiger partial charge in [-0.15, -0.1) is 0 Å². The normalized spacial score (nSPS) is 11.9. The molecule has 0 atom stereocenters. The lowest BCUT2D eigenvalue weighted by Gasteiger charge is -2.06. The van der Waals surface area contributed by atoms with E-state index >= 15 is 0 Å². The Bertz CT molecular complexity index is 496. The van der Waals surface area contributed by atoms with Crippen LogP contribution < -0.4 is 10.5 Å². The summed E-state index contributed by atoms with van der Waals surface area (Å²) in [6.07, 6.45) is 6.74. The average molecular weight is 302 g/mol. The summed E-state index contributed by atoms with van der Waals surface area (Å²) in [7, 11) is -3.55. The van der Waals surface area contributed by atoms with Crippen LogP contribution in [0.1, 0.15) is 56.7 Å². The molecule has 0 radical (unpaired) electrons. The molecule has 0 fully saturated rings. The summed E-state index contributed by atoms with van der Waals surface area (Å²) >= 11 is 0. The highest BCUT2D eigenvalue weighted by Gasteiger charge is 2.22. The van der Waals surface area contributed by atoms with E-state index in [9.17, 15) is 8.42 Å². The Morgan fingerprint density at radius 2 is 1.85 bits per heavy atom. The molecule has 0 bridgehead atoms. The highest BCUT2D eigenvalue weighted by Crippen LogP contribution is 2.15. The van der Waals surface area contributed by atoms with Crippen molar-refractivity contribution in [1.82, 2.24) is 14.9 Å². The second-order valence-corrected chi connectivity index (χ2v) is 6.68. The van der Waals surface area contributed by atoms with E-state index < -0.39 is 10.0 Å². The summed E-state index contributed by atoms with van der Waals surface area (Å²) in [6, 6.07) is 0. The van der Waals surface area contributed by atoms with Crippen LogP contribution in [-0.2, 0) is 16.6 Å². The Balaban J connectivity index is 2.42. The van der Waals surface area contributed by atoms with Crippen molar-refractivity contribution in [2.45, 2.75) is 63.9 Å². The Labute approximate surface area is 121 Å². The Hall–Kier alpha value is -0.920. The molecule has 1 heterocycles. The van der Waals surface area contributed by atoms with Gasteiger partial charge in [-0.1, -0.05) is 39.0 Å². The molecule has 116 valence electrons. The number of aryl methyl sites for hydroxylation is 1. The van der Waals surface area contributed by atoms with Gasteiger partial charge in [0.25, 0.3) is 10.0 Å². The largest absolute Gasteiger partial charge is 0.326 e. The van der Waals surface area contributed by atoms with Gasteiger partial charge in [-0.3, -0.25) is 5.10 Å². The van der Waals surface area contributed by atoms with Gasteiger partial charge in [0.05, 0.1) is 0 Å². The van der Waals surface area contributed by atoms with Crippen molar-refractivity contribution in [3.05, 3.63) is 11.3 Å². The van der Waals surface area contributed by atoms with Crippen LogP contribution in [0.25, 0.3) is 0 Å². The molecule has 20 heavy (non-hydrogen) atoms. The molecule has 1 aromatic heterocycles. The van der Waals surface area contributed by atoms with Crippen molar-refractivity contribution < 1.29 is 8.42 Å². The van der Waals surface area contributed by atoms with Crippen LogP contribution in [0.15, 0.2) is 5.03 Å². The van der Waals surface area contributed by atoms with Gasteiger partial charge in [-0.2, -0.15) is 5.10 Å². The molecule has 0 unspecified atom stereocenters. The minimum Gasteiger partial charge on any atom is -0.326 e. The standard InChI is InChI=1S/C13H26N4O2S/c1-3-4-5-6-7-8-9-15-20(18,19)13-12(10-14)11(2)16-17-13/h15H,3-10,14H2,1-2H3,(H,16,17). The van der Waals surface area contributed by atoms with Crippen molar-refractivity contribution >= 4 is 10.0 Å². The molecule has 6 nitrogen and oxygen atoms in total. The first-order valence-corrected chi connectivity index (χ1v) is 8.74. The van der Waals surface area contributed by atoms with Crippen LogP contribution >= 0.6 is 0 Å². The third-order valence-electron chi connectivity index (χ3n) is 3.32. The lowest BCUT2D eigenvalue weighted by atomic mass is 10.1. The lowest BCUT2D eigenvalue weighted by Crippen LogP contribution is -2.26. The van der Waals surface area contributed by atoms with Gasteiger partial charge in [0, 0.05) is 24.3 Å². The zero-order valence-corrected chi connectivity index (χ0v) is 13.2. The number of rotatable bonds is 10. The Kier molecular flexibility index (Phi) is 7.18. The van der Waals surface area contributed by atoms with Crippen LogP contribution in [0.4, 0.5) is 0 Å². The zero-order chi connectivity index (χ0) is 15.0. The fraction of sp³-hybridized carbons (Fsp3) is 0.769. The van der Waals surface area contributed by atoms with Crippen molar-refractivity contribution in [3.63, 3.8) is 0 Å². The lowest BCUT2D eigenvalue weighted by molar-refractivity contribution is 0.563. The molecular formula is C13H26N4O2S. The van der Waals surface area contributed by atoms with E-state index in [1.54, 1.807) is 6.92 Å². The van der Waals surface area contributed by atoms with E-state index in [1.807, 2.05) is 0 Å². The highest BCUT2D eigenvalue weighted by molar-refractivity contribution is 7.89. The summed E-state index contributed by atoms with van der Waals surface area (Å²) in [5.41, 5.74) is 6.82. The third-order valence-corrected chi connectivity index (χ3v) is 4.75. The second kappa shape index (κ2) is 8.39. The van der Waals surface area contributed by atoms with Gasteiger partial charge in [0.2, 0.25) is 0 Å². The average Bonchev–Trinajstić information content (AvgIpc) is 2.79. The minimum atomic E-state index is -3.55. The number of unbranched alkanes of at least 4 members (excludes halogenated alkanes) is 5. The SMILES string of the molecule is CCCCCCCCNS(=O)(=O)c1n[nH]c(C)c1CN. The number of H-pyrrole nitrogens is 1. The first kappa shape index (κ1) is 17.1. The van der Waals surface area contributed by atoms with Crippen LogP contribution in [0.2, 0.25) is 0 Å². The van der Waals surface area contributed by atoms with Gasteiger partial charge < -0.3 is 5.73 Å². The molecule has 0 spiro atoms. The van der Waals surface area contributed by atoms with Gasteiger partial charge >= 0.3 is 0 Å². The molecule has 4 N–H and O–H groups in total. The zero-order valence-electron chi connectivity index (χ0n) is 12.4. The Morgan fingerprint density at radius 1 is 1.20 bits per heavy atom. The fourth-order valence-corrected chi connectivity index (χ4v) is 3.35. The van der Waals surface area contributed by atoms with E-state index in [1.165, 1.54) is 19.3 Å². The van der Waals surface area contributed by atoms with Crippen molar-refractivity contribution in [2.24, 2.45) is 5.73 Å². The molecule has 1 aromatic rings. The van der Waals surface area contributed by atoms with Crippen molar-refractivity contribution in [2.75, 3.05) is 6.54 Å². The van der Waals surface area contributed by atoms with Gasteiger partial charge in [-0.25, -0.2) is 13.1 Å². The minimum absolute atomic E-state index is 0.0310. The maximum Gasteiger partial charge on any atom is 0.260 e. The topological polar surface area (TPSA) is 101 Å². The molecular weight excluding hydrogens is 276 g/mol. The quantitative estimate of drug-likeness (QED) is 0.574. The Morgan fingerprint density at radius 3 is 2.50 bits per heavy atom. The van der Waals surface area contributed by atoms with Crippen LogP contribution in [0.5, 0.6) is 0 Å². The smallest absolute Gasteiger partial charge is 0.260 e. The molecule has 0 aliphatic heterocycles. The summed E-state index contributed by atoms with van der Waals surface area (Å²) in [4.78, 5) is 0. The summed E-state index contributed by atoms with van der Waals surface area (Å²) in [5.74, 6) is 0. The highest BCUT2D eigenvalue weighted by atomic mass is 32.2. The number of nitrogens with zero attached hydrogens (tertiary/aromatic N) is 1. The molecule has 0 aliphatic rings. The van der Waals surface area contributed by atoms with Crippen LogP contribution in [-0.4, -0.2) is 25.2 Å². The van der Waals surface area contributed by atoms with Crippen LogP contribution in [0, 0.1) is 6.92 Å². The molecule has 0 aromatic carbocycles. The third kappa shape index (κ3) is 4.88. The molecule has 7 heteroatoms. The van der Waals surface area contributed by atoms with E-state index in [4.69, 9.17) is 5.73 Å². The maximum atomic E-state index is 12.1. The first-order valence-electron chi connectivity index (χ1n) is 7.26. The fourth-order valence-electron chi connectivity index (χ4n) is 2.07. The monoisotopic (exact) mass is 302 g/mol. The molecule has 0 saturated heterocycles. The predicted molar refractivity (Wildman–Crippen MR) is 79.8 cm³/mol. The maximum absolute atomic E-state index is 12.1. The second-order valence-electron chi connectivity index (χ2n) is 5.00. The predicted octanol–water partition coefficient (Wildman–Crippen LogP) is 1.82. The number of aromatic amines is 1. The van der Waals surface area contributed by atoms with Crippen molar-refractivity contribution in [3.8, 4) is 0 Å². The van der Waals surface area contributed by atoms with Crippen LogP contribution in [0.3, 0.4) is 0 Å². The molecule has 1 rings (SSSR count). The number of sulfonamides is 1. The number of nitrogens with two attached hydrogens (primary N) is 1. The summed E-state index contributed by atoms with van der Waals surface area (Å²) in [6.45, 7) is 4.55. The molecule has 0 saturated carbocycles. The molecule has 0 aliphatic carbocycles. The number of hydrogen-bond acceptors (Lipinski definition) is 4. The van der Waals surface area contributed by atoms with Gasteiger partial charge in [0.15, 0.2) is 5.03 Å². The number of nitrogens with one attached hydrogen (secondary N) is 2.